The van der Waals surface area contributed by atoms with E-state index in [2.05, 4.69) is 34.7 Å². The molecule has 0 amide bonds. The average molecular weight is 373 g/mol. The molecule has 27 heavy (non-hydrogen) atoms. The Labute approximate surface area is 162 Å². The minimum Gasteiger partial charge on any atom is -0.469 e. The molecule has 6 nitrogen and oxygen atoms in total. The van der Waals surface area contributed by atoms with Crippen LogP contribution in [-0.2, 0) is 17.7 Å². The Morgan fingerprint density at radius 2 is 1.89 bits per heavy atom. The number of hydrogen-bond donors (Lipinski definition) is 2. The first kappa shape index (κ1) is 21.0. The zero-order chi connectivity index (χ0) is 19.2. The van der Waals surface area contributed by atoms with Gasteiger partial charge in [-0.3, -0.25) is 0 Å². The Morgan fingerprint density at radius 1 is 1.07 bits per heavy atom. The van der Waals surface area contributed by atoms with Crippen LogP contribution in [0.15, 0.2) is 58.1 Å². The molecule has 0 saturated carbocycles. The molecule has 0 aliphatic rings. The molecule has 0 atom stereocenters. The van der Waals surface area contributed by atoms with Crippen LogP contribution in [0.3, 0.4) is 0 Å². The van der Waals surface area contributed by atoms with Gasteiger partial charge in [-0.25, -0.2) is 4.99 Å². The molecule has 2 N–H and O–H groups in total. The predicted molar refractivity (Wildman–Crippen MR) is 110 cm³/mol. The highest BCUT2D eigenvalue weighted by atomic mass is 16.5. The molecule has 2 rings (SSSR count). The summed E-state index contributed by atoms with van der Waals surface area (Å²) in [5.41, 5.74) is 1.20. The zero-order valence-corrected chi connectivity index (χ0v) is 16.5. The zero-order valence-electron chi connectivity index (χ0n) is 16.5. The van der Waals surface area contributed by atoms with Crippen LogP contribution in [0.1, 0.15) is 17.7 Å². The van der Waals surface area contributed by atoms with Gasteiger partial charge in [-0.1, -0.05) is 30.3 Å². The van der Waals surface area contributed by atoms with Crippen molar-refractivity contribution >= 4 is 5.96 Å². The monoisotopic (exact) mass is 372 g/mol. The van der Waals surface area contributed by atoms with Crippen LogP contribution in [0.4, 0.5) is 0 Å². The highest BCUT2D eigenvalue weighted by Gasteiger charge is 2.03. The number of aliphatic imine (C=N–C) groups is 1. The summed E-state index contributed by atoms with van der Waals surface area (Å²) in [6, 6.07) is 14.2. The molecule has 0 spiro atoms. The van der Waals surface area contributed by atoms with E-state index in [1.165, 1.54) is 5.56 Å². The molecule has 1 aromatic carbocycles. The van der Waals surface area contributed by atoms with Crippen LogP contribution in [-0.4, -0.2) is 57.8 Å². The van der Waals surface area contributed by atoms with Crippen molar-refractivity contribution in [3.63, 3.8) is 0 Å². The van der Waals surface area contributed by atoms with Gasteiger partial charge in [0.1, 0.15) is 5.76 Å². The Morgan fingerprint density at radius 3 is 2.63 bits per heavy atom. The number of nitrogens with one attached hydrogen (secondary N) is 2. The minimum absolute atomic E-state index is 0.653. The van der Waals surface area contributed by atoms with Gasteiger partial charge in [0.25, 0.3) is 0 Å². The molecule has 1 heterocycles. The normalized spacial score (nSPS) is 11.7. The maximum absolute atomic E-state index is 5.39. The summed E-state index contributed by atoms with van der Waals surface area (Å²) in [5, 5.41) is 6.82. The van der Waals surface area contributed by atoms with Gasteiger partial charge in [-0.15, -0.1) is 0 Å². The number of likely N-dealkylation sites (N-methyl/N-ethyl adjacent to an activating group) is 1. The van der Waals surface area contributed by atoms with Gasteiger partial charge in [0.15, 0.2) is 5.96 Å². The maximum atomic E-state index is 5.39. The Kier molecular flexibility index (Phi) is 10.1. The quantitative estimate of drug-likeness (QED) is 0.341. The van der Waals surface area contributed by atoms with Crippen molar-refractivity contribution in [2.75, 3.05) is 46.9 Å². The second-order valence-electron chi connectivity index (χ2n) is 6.48. The molecule has 0 bridgehead atoms. The van der Waals surface area contributed by atoms with Crippen molar-refractivity contribution in [3.8, 4) is 0 Å². The molecule has 148 valence electrons. The fraction of sp³-hybridized carbons (Fsp3) is 0.476. The summed E-state index contributed by atoms with van der Waals surface area (Å²) in [6.45, 7) is 5.05. The number of hydrogen-bond acceptors (Lipinski definition) is 4. The molecule has 0 radical (unpaired) electrons. The molecule has 0 fully saturated rings. The lowest BCUT2D eigenvalue weighted by molar-refractivity contribution is 0.180. The molecule has 0 aliphatic heterocycles. The summed E-state index contributed by atoms with van der Waals surface area (Å²) < 4.78 is 10.5. The van der Waals surface area contributed by atoms with Gasteiger partial charge in [0, 0.05) is 46.3 Å². The van der Waals surface area contributed by atoms with Crippen LogP contribution in [0.5, 0.6) is 0 Å². The first-order chi connectivity index (χ1) is 13.3. The SMILES string of the molecule is COCCCN(C)CCNC(=NCc1ccccc1)NCCc1ccco1. The third kappa shape index (κ3) is 9.26. The lowest BCUT2D eigenvalue weighted by Gasteiger charge is -2.18. The first-order valence-electron chi connectivity index (χ1n) is 9.54. The van der Waals surface area contributed by atoms with E-state index in [0.29, 0.717) is 6.54 Å². The number of ether oxygens (including phenoxy) is 1. The van der Waals surface area contributed by atoms with E-state index in [4.69, 9.17) is 14.1 Å². The van der Waals surface area contributed by atoms with Gasteiger partial charge >= 0.3 is 0 Å². The third-order valence-electron chi connectivity index (χ3n) is 4.18. The van der Waals surface area contributed by atoms with Crippen molar-refractivity contribution in [1.29, 1.82) is 0 Å². The highest BCUT2D eigenvalue weighted by molar-refractivity contribution is 5.79. The van der Waals surface area contributed by atoms with Gasteiger partial charge < -0.3 is 24.7 Å². The molecule has 0 unspecified atom stereocenters. The van der Waals surface area contributed by atoms with E-state index in [1.54, 1.807) is 13.4 Å². The van der Waals surface area contributed by atoms with E-state index in [0.717, 1.165) is 57.3 Å². The Balaban J connectivity index is 1.78. The molecule has 0 aliphatic carbocycles. The van der Waals surface area contributed by atoms with Crippen molar-refractivity contribution in [1.82, 2.24) is 15.5 Å². The largest absolute Gasteiger partial charge is 0.469 e. The molecule has 0 saturated heterocycles. The summed E-state index contributed by atoms with van der Waals surface area (Å²) in [6.07, 6.45) is 3.58. The number of benzene rings is 1. The van der Waals surface area contributed by atoms with Gasteiger partial charge in [-0.05, 0) is 31.2 Å². The number of rotatable bonds is 12. The number of nitrogens with zero attached hydrogens (tertiary/aromatic N) is 2. The maximum Gasteiger partial charge on any atom is 0.191 e. The van der Waals surface area contributed by atoms with E-state index in [-0.39, 0.29) is 0 Å². The van der Waals surface area contributed by atoms with Gasteiger partial charge in [-0.2, -0.15) is 0 Å². The number of guanidine groups is 1. The van der Waals surface area contributed by atoms with Crippen molar-refractivity contribution in [2.45, 2.75) is 19.4 Å². The second kappa shape index (κ2) is 12.9. The van der Waals surface area contributed by atoms with Gasteiger partial charge in [0.2, 0.25) is 0 Å². The van der Waals surface area contributed by atoms with Crippen molar-refractivity contribution in [2.24, 2.45) is 4.99 Å². The Bertz CT molecular complexity index is 629. The molecular weight excluding hydrogens is 340 g/mol. The second-order valence-corrected chi connectivity index (χ2v) is 6.48. The van der Waals surface area contributed by atoms with Crippen LogP contribution < -0.4 is 10.6 Å². The average Bonchev–Trinajstić information content (AvgIpc) is 3.20. The fourth-order valence-corrected chi connectivity index (χ4v) is 2.64. The van der Waals surface area contributed by atoms with Crippen LogP contribution >= 0.6 is 0 Å². The van der Waals surface area contributed by atoms with Crippen LogP contribution in [0, 0.1) is 0 Å². The molecular formula is C21H32N4O2. The molecule has 6 heteroatoms. The number of furan rings is 1. The lowest BCUT2D eigenvalue weighted by Crippen LogP contribution is -2.42. The summed E-state index contributed by atoms with van der Waals surface area (Å²) >= 11 is 0. The highest BCUT2D eigenvalue weighted by Crippen LogP contribution is 2.01. The predicted octanol–water partition coefficient (Wildman–Crippen LogP) is 2.53. The lowest BCUT2D eigenvalue weighted by atomic mass is 10.2. The first-order valence-corrected chi connectivity index (χ1v) is 9.54. The Hall–Kier alpha value is -2.31. The van der Waals surface area contributed by atoms with E-state index < -0.39 is 0 Å². The van der Waals surface area contributed by atoms with Gasteiger partial charge in [0.05, 0.1) is 12.8 Å². The fourth-order valence-electron chi connectivity index (χ4n) is 2.64. The molecule has 2 aromatic rings. The van der Waals surface area contributed by atoms with Crippen LogP contribution in [0.2, 0.25) is 0 Å². The summed E-state index contributed by atoms with van der Waals surface area (Å²) in [7, 11) is 3.87. The van der Waals surface area contributed by atoms with E-state index in [9.17, 15) is 0 Å². The van der Waals surface area contributed by atoms with E-state index in [1.807, 2.05) is 30.3 Å². The standard InChI is InChI=1S/C21H32N4O2/c1-25(14-7-16-26-2)15-13-23-21(22-12-11-20-10-6-17-27-20)24-18-19-8-4-3-5-9-19/h3-6,8-10,17H,7,11-16,18H2,1-2H3,(H2,22,23,24). The van der Waals surface area contributed by atoms with E-state index >= 15 is 0 Å². The van der Waals surface area contributed by atoms with Crippen LogP contribution in [0.25, 0.3) is 0 Å². The third-order valence-corrected chi connectivity index (χ3v) is 4.18. The smallest absolute Gasteiger partial charge is 0.191 e. The molecule has 1 aromatic heterocycles. The summed E-state index contributed by atoms with van der Waals surface area (Å²) in [5.74, 6) is 1.80. The van der Waals surface area contributed by atoms with Crippen molar-refractivity contribution < 1.29 is 9.15 Å². The number of methoxy groups -OCH3 is 1. The minimum atomic E-state index is 0.653. The van der Waals surface area contributed by atoms with Crippen molar-refractivity contribution in [3.05, 3.63) is 60.1 Å². The topological polar surface area (TPSA) is 62.0 Å². The summed E-state index contributed by atoms with van der Waals surface area (Å²) in [4.78, 5) is 7.01.